The largest absolute Gasteiger partial charge is 0.481 e. The third-order valence-electron chi connectivity index (χ3n) is 4.52. The summed E-state index contributed by atoms with van der Waals surface area (Å²) in [4.78, 5) is 15.8. The van der Waals surface area contributed by atoms with Crippen LogP contribution in [0.5, 0.6) is 5.88 Å². The molecule has 0 fully saturated rings. The van der Waals surface area contributed by atoms with Crippen LogP contribution in [0, 0.1) is 17.0 Å². The number of benzene rings is 1. The van der Waals surface area contributed by atoms with Crippen LogP contribution in [-0.4, -0.2) is 25.2 Å². The van der Waals surface area contributed by atoms with Crippen LogP contribution in [0.4, 0.5) is 8.78 Å². The lowest BCUT2D eigenvalue weighted by molar-refractivity contribution is 0.0595. The minimum absolute atomic E-state index is 0.109. The normalized spacial score (nSPS) is 11.4. The van der Waals surface area contributed by atoms with E-state index in [4.69, 9.17) is 4.74 Å². The van der Waals surface area contributed by atoms with E-state index in [-0.39, 0.29) is 22.4 Å². The van der Waals surface area contributed by atoms with Gasteiger partial charge in [-0.05, 0) is 41.5 Å². The number of aromatic nitrogens is 1. The van der Waals surface area contributed by atoms with Crippen molar-refractivity contribution < 1.29 is 23.0 Å². The first kappa shape index (κ1) is 20.8. The number of rotatable bonds is 7. The van der Waals surface area contributed by atoms with Gasteiger partial charge in [0, 0.05) is 11.6 Å². The third-order valence-corrected chi connectivity index (χ3v) is 4.52. The summed E-state index contributed by atoms with van der Waals surface area (Å²) in [6.45, 7) is 6.26. The van der Waals surface area contributed by atoms with Crippen molar-refractivity contribution in [2.24, 2.45) is 5.41 Å². The van der Waals surface area contributed by atoms with Crippen molar-refractivity contribution in [1.29, 1.82) is 0 Å². The number of esters is 1. The monoisotopic (exact) mass is 377 g/mol. The summed E-state index contributed by atoms with van der Waals surface area (Å²) in [5, 5.41) is 0. The second-order valence-corrected chi connectivity index (χ2v) is 7.28. The average Bonchev–Trinajstić information content (AvgIpc) is 2.62. The van der Waals surface area contributed by atoms with Crippen LogP contribution in [-0.2, 0) is 11.2 Å². The molecule has 0 spiro atoms. The number of halogens is 2. The summed E-state index contributed by atoms with van der Waals surface area (Å²) in [7, 11) is 2.63. The average molecular weight is 377 g/mol. The second kappa shape index (κ2) is 8.46. The predicted molar refractivity (Wildman–Crippen MR) is 99.9 cm³/mol. The minimum Gasteiger partial charge on any atom is -0.481 e. The van der Waals surface area contributed by atoms with E-state index >= 15 is 0 Å². The van der Waals surface area contributed by atoms with Crippen molar-refractivity contribution in [2.45, 2.75) is 40.0 Å². The summed E-state index contributed by atoms with van der Waals surface area (Å²) in [5.41, 5.74) is 0.955. The van der Waals surface area contributed by atoms with Crippen molar-refractivity contribution in [3.05, 3.63) is 47.2 Å². The molecular formula is C21H25F2NO3. The molecule has 1 aromatic carbocycles. The topological polar surface area (TPSA) is 48.4 Å². The zero-order valence-electron chi connectivity index (χ0n) is 16.4. The first-order valence-corrected chi connectivity index (χ1v) is 8.83. The number of carbonyl (C=O) groups is 1. The first-order valence-electron chi connectivity index (χ1n) is 8.83. The number of hydrogen-bond acceptors (Lipinski definition) is 4. The zero-order chi connectivity index (χ0) is 20.2. The van der Waals surface area contributed by atoms with Gasteiger partial charge in [-0.3, -0.25) is 0 Å². The predicted octanol–water partition coefficient (Wildman–Crippen LogP) is 5.19. The molecule has 0 saturated carbocycles. The second-order valence-electron chi connectivity index (χ2n) is 7.28. The Balaban J connectivity index is 2.68. The van der Waals surface area contributed by atoms with Crippen LogP contribution >= 0.6 is 0 Å². The zero-order valence-corrected chi connectivity index (χ0v) is 16.4. The fourth-order valence-corrected chi connectivity index (χ4v) is 3.30. The number of hydrogen-bond donors (Lipinski definition) is 0. The van der Waals surface area contributed by atoms with E-state index in [9.17, 15) is 13.6 Å². The maximum atomic E-state index is 14.6. The van der Waals surface area contributed by atoms with Crippen molar-refractivity contribution >= 4 is 5.97 Å². The number of ether oxygens (including phenoxy) is 2. The van der Waals surface area contributed by atoms with Crippen molar-refractivity contribution in [1.82, 2.24) is 4.98 Å². The maximum Gasteiger partial charge on any atom is 0.340 e. The molecule has 0 aliphatic rings. The number of carbonyl (C=O) groups excluding carboxylic acids is 1. The molecule has 0 bridgehead atoms. The van der Waals surface area contributed by atoms with Gasteiger partial charge in [0.2, 0.25) is 5.88 Å². The molecule has 27 heavy (non-hydrogen) atoms. The van der Waals surface area contributed by atoms with Crippen LogP contribution in [0.15, 0.2) is 24.4 Å². The summed E-state index contributed by atoms with van der Waals surface area (Å²) in [5.74, 6) is -1.89. The van der Waals surface area contributed by atoms with Crippen LogP contribution in [0.25, 0.3) is 11.1 Å². The molecule has 2 aromatic rings. The van der Waals surface area contributed by atoms with E-state index in [2.05, 4.69) is 30.5 Å². The van der Waals surface area contributed by atoms with Gasteiger partial charge >= 0.3 is 5.97 Å². The van der Waals surface area contributed by atoms with Crippen LogP contribution in [0.3, 0.4) is 0 Å². The molecule has 0 aliphatic carbocycles. The van der Waals surface area contributed by atoms with Gasteiger partial charge in [-0.1, -0.05) is 27.2 Å². The van der Waals surface area contributed by atoms with Crippen LogP contribution in [0.1, 0.15) is 49.5 Å². The molecule has 0 N–H and O–H groups in total. The number of nitrogens with zero attached hydrogens (tertiary/aromatic N) is 1. The molecule has 146 valence electrons. The van der Waals surface area contributed by atoms with Crippen molar-refractivity contribution in [2.75, 3.05) is 14.2 Å². The van der Waals surface area contributed by atoms with Crippen molar-refractivity contribution in [3.8, 4) is 17.0 Å². The minimum atomic E-state index is -0.763. The lowest BCUT2D eigenvalue weighted by Gasteiger charge is -2.26. The number of pyridine rings is 1. The Labute approximate surface area is 158 Å². The Kier molecular flexibility index (Phi) is 6.52. The number of methoxy groups -OCH3 is 2. The Morgan fingerprint density at radius 3 is 2.41 bits per heavy atom. The molecule has 6 heteroatoms. The van der Waals surface area contributed by atoms with E-state index in [1.54, 1.807) is 0 Å². The highest BCUT2D eigenvalue weighted by molar-refractivity contribution is 5.91. The van der Waals surface area contributed by atoms with Gasteiger partial charge in [-0.25, -0.2) is 18.6 Å². The summed E-state index contributed by atoms with van der Waals surface area (Å²) >= 11 is 0. The molecule has 0 atom stereocenters. The van der Waals surface area contributed by atoms with Crippen molar-refractivity contribution in [3.63, 3.8) is 0 Å². The first-order chi connectivity index (χ1) is 12.7. The standard InChI is InChI=1S/C21H25F2NO3/c1-6-7-21(2,3)11-13-8-16(20(25)27-5)17(22)9-14(13)15-10-19(26-4)24-12-18(15)23/h8-10,12H,6-7,11H2,1-5H3. The van der Waals surface area contributed by atoms with Gasteiger partial charge in [0.15, 0.2) is 0 Å². The van der Waals surface area contributed by atoms with E-state index in [1.807, 2.05) is 0 Å². The third kappa shape index (κ3) is 4.81. The molecule has 0 amide bonds. The van der Waals surface area contributed by atoms with E-state index in [0.717, 1.165) is 19.0 Å². The SMILES string of the molecule is CCCC(C)(C)Cc1cc(C(=O)OC)c(F)cc1-c1cc(OC)ncc1F. The molecule has 0 radical (unpaired) electrons. The Hall–Kier alpha value is -2.50. The van der Waals surface area contributed by atoms with Gasteiger partial charge in [-0.15, -0.1) is 0 Å². The van der Waals surface area contributed by atoms with E-state index < -0.39 is 17.6 Å². The van der Waals surface area contributed by atoms with Gasteiger partial charge < -0.3 is 9.47 Å². The molecule has 1 heterocycles. The Morgan fingerprint density at radius 2 is 1.81 bits per heavy atom. The molecule has 2 rings (SSSR count). The molecule has 0 aliphatic heterocycles. The fourth-order valence-electron chi connectivity index (χ4n) is 3.30. The molecule has 0 unspecified atom stereocenters. The van der Waals surface area contributed by atoms with Gasteiger partial charge in [0.25, 0.3) is 0 Å². The molecule has 0 saturated heterocycles. The lowest BCUT2D eigenvalue weighted by Crippen LogP contribution is -2.16. The van der Waals surface area contributed by atoms with Gasteiger partial charge in [-0.2, -0.15) is 0 Å². The highest BCUT2D eigenvalue weighted by Gasteiger charge is 2.24. The maximum absolute atomic E-state index is 14.6. The van der Waals surface area contributed by atoms with Crippen LogP contribution in [0.2, 0.25) is 0 Å². The highest BCUT2D eigenvalue weighted by Crippen LogP contribution is 2.36. The van der Waals surface area contributed by atoms with Gasteiger partial charge in [0.1, 0.15) is 11.6 Å². The summed E-state index contributed by atoms with van der Waals surface area (Å²) in [6.07, 6.45) is 3.50. The van der Waals surface area contributed by atoms with Gasteiger partial charge in [0.05, 0.1) is 26.0 Å². The van der Waals surface area contributed by atoms with E-state index in [0.29, 0.717) is 17.5 Å². The smallest absolute Gasteiger partial charge is 0.340 e. The fraction of sp³-hybridized carbons (Fsp3) is 0.429. The summed E-state index contributed by atoms with van der Waals surface area (Å²) in [6, 6.07) is 4.07. The quantitative estimate of drug-likeness (QED) is 0.623. The summed E-state index contributed by atoms with van der Waals surface area (Å²) < 4.78 is 38.8. The molecule has 1 aromatic heterocycles. The van der Waals surface area contributed by atoms with E-state index in [1.165, 1.54) is 32.4 Å². The lowest BCUT2D eigenvalue weighted by atomic mass is 9.79. The Bertz CT molecular complexity index is 834. The van der Waals surface area contributed by atoms with Crippen LogP contribution < -0.4 is 4.74 Å². The molecular weight excluding hydrogens is 352 g/mol. The molecule has 4 nitrogen and oxygen atoms in total. The Morgan fingerprint density at radius 1 is 1.11 bits per heavy atom. The highest BCUT2D eigenvalue weighted by atomic mass is 19.1.